The highest BCUT2D eigenvalue weighted by Crippen LogP contribution is 2.08. The number of aliphatic carboxylic acids is 1. The number of hydrogen-bond donors (Lipinski definition) is 1. The number of carboxylic acids is 1. The van der Waals surface area contributed by atoms with Gasteiger partial charge in [-0.15, -0.1) is 0 Å². The first-order chi connectivity index (χ1) is 7.52. The van der Waals surface area contributed by atoms with Gasteiger partial charge in [0.2, 0.25) is 0 Å². The molecule has 0 atom stereocenters. The van der Waals surface area contributed by atoms with Gasteiger partial charge in [0.15, 0.2) is 0 Å². The van der Waals surface area contributed by atoms with Crippen molar-refractivity contribution in [2.45, 2.75) is 0 Å². The predicted molar refractivity (Wildman–Crippen MR) is 60.7 cm³/mol. The number of rotatable bonds is 3. The summed E-state index contributed by atoms with van der Waals surface area (Å²) in [7, 11) is 3.04. The Balaban J connectivity index is 3.09. The molecule has 16 heavy (non-hydrogen) atoms. The fraction of sp³-hybridized carbons (Fsp3) is 0.167. The van der Waals surface area contributed by atoms with Gasteiger partial charge in [0, 0.05) is 14.1 Å². The van der Waals surface area contributed by atoms with Crippen molar-refractivity contribution in [1.29, 1.82) is 0 Å². The van der Waals surface area contributed by atoms with Crippen molar-refractivity contribution in [3.63, 3.8) is 0 Å². The minimum atomic E-state index is -1.22. The molecule has 0 saturated carbocycles. The molecule has 1 N–H and O–H groups in total. The van der Waals surface area contributed by atoms with Gasteiger partial charge in [0.1, 0.15) is 5.57 Å². The fourth-order valence-corrected chi connectivity index (χ4v) is 1.17. The molecule has 1 aromatic carbocycles. The Morgan fingerprint density at radius 1 is 1.19 bits per heavy atom. The van der Waals surface area contributed by atoms with Gasteiger partial charge in [-0.3, -0.25) is 4.79 Å². The van der Waals surface area contributed by atoms with Gasteiger partial charge in [0.25, 0.3) is 5.91 Å². The standard InChI is InChI=1S/C12H13NO3/c1-13(2)11(14)10(12(15)16)8-9-6-4-3-5-7-9/h3-8H,1-2H3,(H,15,16). The van der Waals surface area contributed by atoms with Crippen molar-refractivity contribution in [2.24, 2.45) is 0 Å². The van der Waals surface area contributed by atoms with E-state index >= 15 is 0 Å². The van der Waals surface area contributed by atoms with E-state index < -0.39 is 11.9 Å². The van der Waals surface area contributed by atoms with Crippen LogP contribution in [0.5, 0.6) is 0 Å². The number of nitrogens with zero attached hydrogens (tertiary/aromatic N) is 1. The van der Waals surface area contributed by atoms with E-state index in [1.807, 2.05) is 6.07 Å². The molecule has 4 heteroatoms. The average Bonchev–Trinajstić information content (AvgIpc) is 2.26. The van der Waals surface area contributed by atoms with Gasteiger partial charge in [-0.05, 0) is 11.6 Å². The predicted octanol–water partition coefficient (Wildman–Crippen LogP) is 1.24. The Kier molecular flexibility index (Phi) is 3.83. The maximum atomic E-state index is 11.6. The van der Waals surface area contributed by atoms with E-state index in [2.05, 4.69) is 0 Å². The van der Waals surface area contributed by atoms with Gasteiger partial charge in [-0.1, -0.05) is 30.3 Å². The molecule has 0 fully saturated rings. The first kappa shape index (κ1) is 12.0. The van der Waals surface area contributed by atoms with Crippen molar-refractivity contribution in [3.8, 4) is 0 Å². The van der Waals surface area contributed by atoms with Crippen LogP contribution >= 0.6 is 0 Å². The van der Waals surface area contributed by atoms with E-state index in [0.29, 0.717) is 5.56 Å². The van der Waals surface area contributed by atoms with Crippen molar-refractivity contribution >= 4 is 18.0 Å². The van der Waals surface area contributed by atoms with Gasteiger partial charge in [-0.25, -0.2) is 4.79 Å². The normalized spacial score (nSPS) is 11.0. The Hall–Kier alpha value is -2.10. The van der Waals surface area contributed by atoms with Crippen molar-refractivity contribution in [1.82, 2.24) is 4.90 Å². The second kappa shape index (κ2) is 5.11. The lowest BCUT2D eigenvalue weighted by molar-refractivity contribution is -0.136. The van der Waals surface area contributed by atoms with Crippen molar-refractivity contribution in [2.75, 3.05) is 14.1 Å². The quantitative estimate of drug-likeness (QED) is 0.472. The number of carboxylic acid groups (broad SMARTS) is 1. The highest BCUT2D eigenvalue weighted by Gasteiger charge is 2.18. The lowest BCUT2D eigenvalue weighted by Crippen LogP contribution is -2.27. The average molecular weight is 219 g/mol. The zero-order chi connectivity index (χ0) is 12.1. The fourth-order valence-electron chi connectivity index (χ4n) is 1.17. The van der Waals surface area contributed by atoms with Crippen LogP contribution in [0.15, 0.2) is 35.9 Å². The number of hydrogen-bond acceptors (Lipinski definition) is 2. The van der Waals surface area contributed by atoms with Gasteiger partial charge < -0.3 is 10.0 Å². The third-order valence-corrected chi connectivity index (χ3v) is 1.98. The van der Waals surface area contributed by atoms with Gasteiger partial charge in [0.05, 0.1) is 0 Å². The lowest BCUT2D eigenvalue weighted by Gasteiger charge is -2.10. The summed E-state index contributed by atoms with van der Waals surface area (Å²) < 4.78 is 0. The summed E-state index contributed by atoms with van der Waals surface area (Å²) >= 11 is 0. The summed E-state index contributed by atoms with van der Waals surface area (Å²) in [5.41, 5.74) is 0.450. The molecule has 0 bridgehead atoms. The maximum Gasteiger partial charge on any atom is 0.341 e. The molecule has 0 spiro atoms. The van der Waals surface area contributed by atoms with E-state index in [0.717, 1.165) is 0 Å². The molecular weight excluding hydrogens is 206 g/mol. The van der Waals surface area contributed by atoms with E-state index in [-0.39, 0.29) is 5.57 Å². The van der Waals surface area contributed by atoms with E-state index in [1.165, 1.54) is 25.1 Å². The minimum Gasteiger partial charge on any atom is -0.477 e. The van der Waals surface area contributed by atoms with Crippen LogP contribution in [0.3, 0.4) is 0 Å². The number of likely N-dealkylation sites (N-methyl/N-ethyl adjacent to an activating group) is 1. The smallest absolute Gasteiger partial charge is 0.341 e. The SMILES string of the molecule is CN(C)C(=O)C(=Cc1ccccc1)C(=O)O. The maximum absolute atomic E-state index is 11.6. The molecule has 0 saturated heterocycles. The lowest BCUT2D eigenvalue weighted by atomic mass is 10.1. The van der Waals surface area contributed by atoms with E-state index in [4.69, 9.17) is 5.11 Å². The second-order valence-electron chi connectivity index (χ2n) is 3.47. The summed E-state index contributed by atoms with van der Waals surface area (Å²) in [6, 6.07) is 8.88. The highest BCUT2D eigenvalue weighted by atomic mass is 16.4. The summed E-state index contributed by atoms with van der Waals surface area (Å²) in [4.78, 5) is 23.7. The van der Waals surface area contributed by atoms with E-state index in [1.54, 1.807) is 24.3 Å². The third kappa shape index (κ3) is 2.95. The molecule has 0 unspecified atom stereocenters. The first-order valence-electron chi connectivity index (χ1n) is 4.74. The van der Waals surface area contributed by atoms with Crippen molar-refractivity contribution in [3.05, 3.63) is 41.5 Å². The molecule has 0 aliphatic rings. The van der Waals surface area contributed by atoms with E-state index in [9.17, 15) is 9.59 Å². The topological polar surface area (TPSA) is 57.6 Å². The van der Waals surface area contributed by atoms with Gasteiger partial charge in [-0.2, -0.15) is 0 Å². The van der Waals surface area contributed by atoms with Crippen LogP contribution in [0.4, 0.5) is 0 Å². The van der Waals surface area contributed by atoms with Crippen LogP contribution in [0.25, 0.3) is 6.08 Å². The van der Waals surface area contributed by atoms with Gasteiger partial charge >= 0.3 is 5.97 Å². The highest BCUT2D eigenvalue weighted by molar-refractivity contribution is 6.18. The molecule has 0 aromatic heterocycles. The number of carbonyl (C=O) groups is 2. The Labute approximate surface area is 93.8 Å². The summed E-state index contributed by atoms with van der Waals surface area (Å²) in [5.74, 6) is -1.74. The zero-order valence-corrected chi connectivity index (χ0v) is 9.18. The number of amides is 1. The summed E-state index contributed by atoms with van der Waals surface area (Å²) in [6.07, 6.45) is 1.37. The number of benzene rings is 1. The molecule has 0 aliphatic heterocycles. The zero-order valence-electron chi connectivity index (χ0n) is 9.18. The van der Waals surface area contributed by atoms with Crippen LogP contribution in [-0.4, -0.2) is 36.0 Å². The van der Waals surface area contributed by atoms with Crippen LogP contribution in [0.2, 0.25) is 0 Å². The molecule has 1 amide bonds. The molecule has 4 nitrogen and oxygen atoms in total. The molecule has 1 aromatic rings. The number of carbonyl (C=O) groups excluding carboxylic acids is 1. The van der Waals surface area contributed by atoms with Crippen LogP contribution < -0.4 is 0 Å². The Morgan fingerprint density at radius 3 is 2.19 bits per heavy atom. The van der Waals surface area contributed by atoms with Crippen LogP contribution in [0.1, 0.15) is 5.56 Å². The summed E-state index contributed by atoms with van der Waals surface area (Å²) in [5, 5.41) is 8.94. The molecule has 84 valence electrons. The molecule has 0 aliphatic carbocycles. The van der Waals surface area contributed by atoms with Crippen molar-refractivity contribution < 1.29 is 14.7 Å². The monoisotopic (exact) mass is 219 g/mol. The minimum absolute atomic E-state index is 0.240. The second-order valence-corrected chi connectivity index (χ2v) is 3.47. The molecule has 0 heterocycles. The Bertz CT molecular complexity index is 421. The van der Waals surface area contributed by atoms with Crippen LogP contribution in [0, 0.1) is 0 Å². The first-order valence-corrected chi connectivity index (χ1v) is 4.74. The summed E-state index contributed by atoms with van der Waals surface area (Å²) in [6.45, 7) is 0. The third-order valence-electron chi connectivity index (χ3n) is 1.98. The largest absolute Gasteiger partial charge is 0.477 e. The van der Waals surface area contributed by atoms with Crippen LogP contribution in [-0.2, 0) is 9.59 Å². The molecule has 0 radical (unpaired) electrons. The molecule has 1 rings (SSSR count). The molecular formula is C12H13NO3. The Morgan fingerprint density at radius 2 is 1.75 bits per heavy atom.